The number of aliphatic imine (C=N–C) groups is 1. The van der Waals surface area contributed by atoms with E-state index in [0.717, 1.165) is 30.4 Å². The molecular weight excluding hydrogens is 455 g/mol. The Hall–Kier alpha value is -1.74. The number of benzene rings is 1. The number of rotatable bonds is 7. The normalized spacial score (nSPS) is 17.0. The first-order valence-corrected chi connectivity index (χ1v) is 9.14. The first-order chi connectivity index (χ1) is 12.7. The van der Waals surface area contributed by atoms with E-state index in [4.69, 9.17) is 14.1 Å². The lowest BCUT2D eigenvalue weighted by Crippen LogP contribution is -2.42. The molecule has 27 heavy (non-hydrogen) atoms. The van der Waals surface area contributed by atoms with Crippen LogP contribution in [0.4, 0.5) is 0 Å². The molecule has 148 valence electrons. The lowest BCUT2D eigenvalue weighted by molar-refractivity contribution is 0.234. The maximum atomic E-state index is 5.99. The Kier molecular flexibility index (Phi) is 8.43. The number of para-hydroxylation sites is 1. The van der Waals surface area contributed by atoms with Crippen molar-refractivity contribution < 1.29 is 9.15 Å². The Morgan fingerprint density at radius 3 is 2.70 bits per heavy atom. The van der Waals surface area contributed by atoms with Gasteiger partial charge in [-0.1, -0.05) is 18.2 Å². The van der Waals surface area contributed by atoms with E-state index in [1.165, 1.54) is 5.56 Å². The van der Waals surface area contributed by atoms with Crippen molar-refractivity contribution in [3.8, 4) is 5.75 Å². The second-order valence-corrected chi connectivity index (χ2v) is 6.65. The zero-order valence-corrected chi connectivity index (χ0v) is 18.5. The number of nitrogens with one attached hydrogen (secondary N) is 2. The van der Waals surface area contributed by atoms with Crippen LogP contribution >= 0.6 is 24.0 Å². The molecule has 0 amide bonds. The number of nitrogens with zero attached hydrogens (tertiary/aromatic N) is 2. The molecular formula is C20H29IN4O2. The van der Waals surface area contributed by atoms with Gasteiger partial charge in [-0.25, -0.2) is 0 Å². The van der Waals surface area contributed by atoms with Crippen LogP contribution in [0.25, 0.3) is 0 Å². The van der Waals surface area contributed by atoms with Gasteiger partial charge in [0.05, 0.1) is 25.4 Å². The van der Waals surface area contributed by atoms with Crippen LogP contribution in [0.5, 0.6) is 5.75 Å². The molecule has 0 saturated carbocycles. The smallest absolute Gasteiger partial charge is 0.191 e. The SMILES string of the molecule is CCNC(=NCC(c1ccco1)N(C)C)NCC1Cc2ccccc2O1.I. The van der Waals surface area contributed by atoms with Crippen molar-refractivity contribution in [1.29, 1.82) is 0 Å². The molecule has 0 fully saturated rings. The van der Waals surface area contributed by atoms with Crippen LogP contribution in [0.15, 0.2) is 52.1 Å². The monoisotopic (exact) mass is 484 g/mol. The van der Waals surface area contributed by atoms with Crippen LogP contribution in [-0.2, 0) is 6.42 Å². The van der Waals surface area contributed by atoms with Crippen molar-refractivity contribution in [2.45, 2.75) is 25.5 Å². The van der Waals surface area contributed by atoms with Crippen molar-refractivity contribution in [3.05, 3.63) is 54.0 Å². The second kappa shape index (κ2) is 10.6. The van der Waals surface area contributed by atoms with Gasteiger partial charge in [0, 0.05) is 13.0 Å². The topological polar surface area (TPSA) is 62.0 Å². The molecule has 2 unspecified atom stereocenters. The Morgan fingerprint density at radius 1 is 1.22 bits per heavy atom. The summed E-state index contributed by atoms with van der Waals surface area (Å²) in [5.41, 5.74) is 1.27. The van der Waals surface area contributed by atoms with Crippen molar-refractivity contribution in [3.63, 3.8) is 0 Å². The summed E-state index contributed by atoms with van der Waals surface area (Å²) < 4.78 is 11.5. The van der Waals surface area contributed by atoms with Gasteiger partial charge in [-0.3, -0.25) is 9.89 Å². The molecule has 0 aliphatic carbocycles. The molecule has 2 atom stereocenters. The number of guanidine groups is 1. The molecule has 0 spiro atoms. The highest BCUT2D eigenvalue weighted by atomic mass is 127. The summed E-state index contributed by atoms with van der Waals surface area (Å²) in [6.45, 7) is 4.20. The summed E-state index contributed by atoms with van der Waals surface area (Å²) in [5.74, 6) is 2.71. The van der Waals surface area contributed by atoms with E-state index in [1.54, 1.807) is 6.26 Å². The molecule has 2 aromatic rings. The minimum absolute atomic E-state index is 0. The molecule has 0 saturated heterocycles. The van der Waals surface area contributed by atoms with Gasteiger partial charge in [0.15, 0.2) is 5.96 Å². The van der Waals surface area contributed by atoms with Gasteiger partial charge in [-0.2, -0.15) is 0 Å². The number of halogens is 1. The lowest BCUT2D eigenvalue weighted by Gasteiger charge is -2.21. The zero-order chi connectivity index (χ0) is 18.4. The largest absolute Gasteiger partial charge is 0.488 e. The summed E-state index contributed by atoms with van der Waals surface area (Å²) in [7, 11) is 4.07. The van der Waals surface area contributed by atoms with E-state index in [9.17, 15) is 0 Å². The van der Waals surface area contributed by atoms with E-state index in [1.807, 2.05) is 38.4 Å². The molecule has 3 rings (SSSR count). The van der Waals surface area contributed by atoms with Gasteiger partial charge < -0.3 is 19.8 Å². The predicted molar refractivity (Wildman–Crippen MR) is 119 cm³/mol. The molecule has 1 aliphatic rings. The highest BCUT2D eigenvalue weighted by Crippen LogP contribution is 2.27. The van der Waals surface area contributed by atoms with Crippen LogP contribution in [-0.4, -0.2) is 50.7 Å². The van der Waals surface area contributed by atoms with Crippen LogP contribution in [0, 0.1) is 0 Å². The van der Waals surface area contributed by atoms with Gasteiger partial charge in [0.25, 0.3) is 0 Å². The number of fused-ring (bicyclic) bond motifs is 1. The number of hydrogen-bond acceptors (Lipinski definition) is 4. The standard InChI is InChI=1S/C20H28N4O2.HI/c1-4-21-20(23-14-17(24(2)3)19-10-7-11-25-19)22-13-16-12-15-8-5-6-9-18(15)26-16;/h5-11,16-17H,4,12-14H2,1-3H3,(H2,21,22,23);1H. The Morgan fingerprint density at radius 2 is 2.04 bits per heavy atom. The van der Waals surface area contributed by atoms with E-state index in [2.05, 4.69) is 34.6 Å². The first-order valence-electron chi connectivity index (χ1n) is 9.14. The van der Waals surface area contributed by atoms with E-state index in [-0.39, 0.29) is 36.1 Å². The fraction of sp³-hybridized carbons (Fsp3) is 0.450. The maximum absolute atomic E-state index is 5.99. The van der Waals surface area contributed by atoms with Gasteiger partial charge in [-0.15, -0.1) is 24.0 Å². The summed E-state index contributed by atoms with van der Waals surface area (Å²) in [6.07, 6.45) is 2.76. The third-order valence-electron chi connectivity index (χ3n) is 4.47. The van der Waals surface area contributed by atoms with E-state index >= 15 is 0 Å². The lowest BCUT2D eigenvalue weighted by atomic mass is 10.1. The van der Waals surface area contributed by atoms with Crippen molar-refractivity contribution in [2.24, 2.45) is 4.99 Å². The molecule has 6 nitrogen and oxygen atoms in total. The fourth-order valence-corrected chi connectivity index (χ4v) is 3.09. The third-order valence-corrected chi connectivity index (χ3v) is 4.47. The zero-order valence-electron chi connectivity index (χ0n) is 16.1. The minimum atomic E-state index is 0. The quantitative estimate of drug-likeness (QED) is 0.360. The van der Waals surface area contributed by atoms with E-state index in [0.29, 0.717) is 13.1 Å². The maximum Gasteiger partial charge on any atom is 0.191 e. The first kappa shape index (κ1) is 21.6. The number of likely N-dealkylation sites (N-methyl/N-ethyl adjacent to an activating group) is 1. The second-order valence-electron chi connectivity index (χ2n) is 6.65. The highest BCUT2D eigenvalue weighted by molar-refractivity contribution is 14.0. The highest BCUT2D eigenvalue weighted by Gasteiger charge is 2.22. The molecule has 2 heterocycles. The van der Waals surface area contributed by atoms with Crippen molar-refractivity contribution in [2.75, 3.05) is 33.7 Å². The predicted octanol–water partition coefficient (Wildman–Crippen LogP) is 3.06. The minimum Gasteiger partial charge on any atom is -0.488 e. The van der Waals surface area contributed by atoms with E-state index < -0.39 is 0 Å². The average molecular weight is 484 g/mol. The van der Waals surface area contributed by atoms with Gasteiger partial charge >= 0.3 is 0 Å². The molecule has 1 aromatic heterocycles. The summed E-state index contributed by atoms with van der Waals surface area (Å²) in [5, 5.41) is 6.70. The molecule has 2 N–H and O–H groups in total. The molecule has 0 radical (unpaired) electrons. The number of ether oxygens (including phenoxy) is 1. The van der Waals surface area contributed by atoms with Crippen LogP contribution in [0.1, 0.15) is 24.3 Å². The van der Waals surface area contributed by atoms with Crippen LogP contribution < -0.4 is 15.4 Å². The van der Waals surface area contributed by atoms with Gasteiger partial charge in [0.1, 0.15) is 17.6 Å². The Labute approximate surface area is 178 Å². The van der Waals surface area contributed by atoms with Crippen molar-refractivity contribution >= 4 is 29.9 Å². The molecule has 0 bridgehead atoms. The van der Waals surface area contributed by atoms with Crippen LogP contribution in [0.3, 0.4) is 0 Å². The number of hydrogen-bond donors (Lipinski definition) is 2. The Balaban J connectivity index is 0.00000261. The van der Waals surface area contributed by atoms with Crippen LogP contribution in [0.2, 0.25) is 0 Å². The Bertz CT molecular complexity index is 694. The number of furan rings is 1. The van der Waals surface area contributed by atoms with Gasteiger partial charge in [-0.05, 0) is 44.8 Å². The summed E-state index contributed by atoms with van der Waals surface area (Å²) in [6, 6.07) is 12.2. The average Bonchev–Trinajstić information content (AvgIpc) is 3.28. The van der Waals surface area contributed by atoms with Gasteiger partial charge in [0.2, 0.25) is 0 Å². The van der Waals surface area contributed by atoms with Crippen molar-refractivity contribution in [1.82, 2.24) is 15.5 Å². The molecule has 1 aromatic carbocycles. The summed E-state index contributed by atoms with van der Waals surface area (Å²) >= 11 is 0. The molecule has 7 heteroatoms. The third kappa shape index (κ3) is 5.87. The summed E-state index contributed by atoms with van der Waals surface area (Å²) in [4.78, 5) is 6.85. The molecule has 1 aliphatic heterocycles. The fourth-order valence-electron chi connectivity index (χ4n) is 3.09.